The van der Waals surface area contributed by atoms with Crippen molar-refractivity contribution in [2.45, 2.75) is 18.6 Å². The highest BCUT2D eigenvalue weighted by Gasteiger charge is 2.15. The number of thioether (sulfide) groups is 1. The fourth-order valence-electron chi connectivity index (χ4n) is 1.25. The summed E-state index contributed by atoms with van der Waals surface area (Å²) >= 11 is 2.38. The average Bonchev–Trinajstić information content (AvgIpc) is 2.94. The van der Waals surface area contributed by atoms with Gasteiger partial charge in [0.25, 0.3) is 0 Å². The zero-order valence-corrected chi connectivity index (χ0v) is 10.5. The van der Waals surface area contributed by atoms with Crippen LogP contribution in [-0.2, 0) is 11.3 Å². The molecule has 0 amide bonds. The third-order valence-electron chi connectivity index (χ3n) is 1.94. The van der Waals surface area contributed by atoms with Crippen molar-refractivity contribution in [2.24, 2.45) is 0 Å². The molecular formula is C8H9N5O2S2. The van der Waals surface area contributed by atoms with E-state index in [9.17, 15) is 4.79 Å². The van der Waals surface area contributed by atoms with Gasteiger partial charge in [-0.3, -0.25) is 4.79 Å². The maximum atomic E-state index is 10.5. The molecule has 7 nitrogen and oxygen atoms in total. The number of aliphatic carboxylic acids is 1. The number of aromatic nitrogens is 5. The van der Waals surface area contributed by atoms with E-state index in [1.165, 1.54) is 11.5 Å². The summed E-state index contributed by atoms with van der Waals surface area (Å²) < 4.78 is 5.62. The van der Waals surface area contributed by atoms with Crippen molar-refractivity contribution >= 4 is 29.3 Å². The lowest BCUT2D eigenvalue weighted by molar-refractivity contribution is -0.133. The van der Waals surface area contributed by atoms with Crippen LogP contribution in [0.25, 0.3) is 10.7 Å². The van der Waals surface area contributed by atoms with Crippen molar-refractivity contribution in [1.82, 2.24) is 24.4 Å². The number of nitrogens with zero attached hydrogens (tertiary/aromatic N) is 5. The molecule has 2 heterocycles. The topological polar surface area (TPSA) is 93.8 Å². The van der Waals surface area contributed by atoms with Crippen LogP contribution in [0.1, 0.15) is 6.92 Å². The predicted octanol–water partition coefficient (Wildman–Crippen LogP) is 0.993. The van der Waals surface area contributed by atoms with Crippen molar-refractivity contribution in [3.05, 3.63) is 6.20 Å². The normalized spacial score (nSPS) is 10.6. The van der Waals surface area contributed by atoms with Gasteiger partial charge in [0.05, 0.1) is 11.9 Å². The summed E-state index contributed by atoms with van der Waals surface area (Å²) in [7, 11) is 0. The Morgan fingerprint density at radius 3 is 3.00 bits per heavy atom. The lowest BCUT2D eigenvalue weighted by Gasteiger charge is -2.03. The van der Waals surface area contributed by atoms with Gasteiger partial charge in [0, 0.05) is 6.54 Å². The predicted molar refractivity (Wildman–Crippen MR) is 63.0 cm³/mol. The second kappa shape index (κ2) is 5.23. The van der Waals surface area contributed by atoms with Crippen molar-refractivity contribution < 1.29 is 9.90 Å². The number of carboxylic acid groups (broad SMARTS) is 1. The SMILES string of the molecule is CCn1c(SCC(=O)O)nnc1-c1cnns1. The smallest absolute Gasteiger partial charge is 0.313 e. The molecule has 2 aromatic heterocycles. The molecule has 0 bridgehead atoms. The summed E-state index contributed by atoms with van der Waals surface area (Å²) in [6.45, 7) is 2.62. The van der Waals surface area contributed by atoms with Crippen LogP contribution in [0.2, 0.25) is 0 Å². The third-order valence-corrected chi connectivity index (χ3v) is 3.55. The average molecular weight is 271 g/mol. The molecule has 0 aliphatic rings. The molecule has 9 heteroatoms. The van der Waals surface area contributed by atoms with Gasteiger partial charge in [-0.1, -0.05) is 16.3 Å². The van der Waals surface area contributed by atoms with Crippen molar-refractivity contribution in [2.75, 3.05) is 5.75 Å². The highest BCUT2D eigenvalue weighted by Crippen LogP contribution is 2.24. The van der Waals surface area contributed by atoms with Gasteiger partial charge in [-0.05, 0) is 18.5 Å². The quantitative estimate of drug-likeness (QED) is 0.810. The first kappa shape index (κ1) is 12.0. The van der Waals surface area contributed by atoms with Gasteiger partial charge < -0.3 is 9.67 Å². The fraction of sp³-hybridized carbons (Fsp3) is 0.375. The molecule has 90 valence electrons. The minimum Gasteiger partial charge on any atom is -0.481 e. The van der Waals surface area contributed by atoms with E-state index in [0.717, 1.165) is 16.6 Å². The van der Waals surface area contributed by atoms with Crippen LogP contribution in [0.4, 0.5) is 0 Å². The molecule has 0 saturated heterocycles. The van der Waals surface area contributed by atoms with Gasteiger partial charge in [0.2, 0.25) is 0 Å². The van der Waals surface area contributed by atoms with Gasteiger partial charge in [0.15, 0.2) is 11.0 Å². The molecule has 0 atom stereocenters. The van der Waals surface area contributed by atoms with E-state index in [1.54, 1.807) is 6.20 Å². The third kappa shape index (κ3) is 2.61. The van der Waals surface area contributed by atoms with E-state index in [0.29, 0.717) is 17.5 Å². The number of carboxylic acids is 1. The Balaban J connectivity index is 2.27. The summed E-state index contributed by atoms with van der Waals surface area (Å²) in [4.78, 5) is 11.3. The van der Waals surface area contributed by atoms with E-state index < -0.39 is 5.97 Å². The standard InChI is InChI=1S/C8H9N5O2S2/c1-2-13-7(5-3-9-12-17-5)10-11-8(13)16-4-6(14)15/h3H,2,4H2,1H3,(H,14,15). The molecule has 0 aromatic carbocycles. The molecule has 0 aliphatic carbocycles. The summed E-state index contributed by atoms with van der Waals surface area (Å²) in [5, 5.41) is 21.0. The van der Waals surface area contributed by atoms with E-state index in [2.05, 4.69) is 19.8 Å². The number of hydrogen-bond donors (Lipinski definition) is 1. The molecule has 0 saturated carbocycles. The van der Waals surface area contributed by atoms with E-state index in [4.69, 9.17) is 5.11 Å². The van der Waals surface area contributed by atoms with Crippen molar-refractivity contribution in [3.63, 3.8) is 0 Å². The largest absolute Gasteiger partial charge is 0.481 e. The van der Waals surface area contributed by atoms with Crippen LogP contribution in [0.15, 0.2) is 11.4 Å². The van der Waals surface area contributed by atoms with Gasteiger partial charge >= 0.3 is 5.97 Å². The van der Waals surface area contributed by atoms with Crippen LogP contribution in [0.5, 0.6) is 0 Å². The zero-order valence-electron chi connectivity index (χ0n) is 8.90. The summed E-state index contributed by atoms with van der Waals surface area (Å²) in [5.74, 6) is -0.226. The monoisotopic (exact) mass is 271 g/mol. The Morgan fingerprint density at radius 2 is 2.41 bits per heavy atom. The first-order valence-electron chi connectivity index (χ1n) is 4.78. The van der Waals surface area contributed by atoms with E-state index >= 15 is 0 Å². The molecule has 17 heavy (non-hydrogen) atoms. The molecule has 0 aliphatic heterocycles. The molecule has 0 fully saturated rings. The van der Waals surface area contributed by atoms with Crippen molar-refractivity contribution in [1.29, 1.82) is 0 Å². The summed E-state index contributed by atoms with van der Waals surface area (Å²) in [6.07, 6.45) is 1.62. The fourth-order valence-corrected chi connectivity index (χ4v) is 2.49. The van der Waals surface area contributed by atoms with Crippen LogP contribution in [0.3, 0.4) is 0 Å². The minimum absolute atomic E-state index is 0.0287. The van der Waals surface area contributed by atoms with Crippen LogP contribution >= 0.6 is 23.3 Å². The Bertz CT molecular complexity index is 510. The summed E-state index contributed by atoms with van der Waals surface area (Å²) in [6, 6.07) is 0. The summed E-state index contributed by atoms with van der Waals surface area (Å²) in [5.41, 5.74) is 0. The van der Waals surface area contributed by atoms with Crippen LogP contribution in [0, 0.1) is 0 Å². The molecular weight excluding hydrogens is 262 g/mol. The molecule has 2 aromatic rings. The Kier molecular flexibility index (Phi) is 3.69. The van der Waals surface area contributed by atoms with Gasteiger partial charge in [-0.25, -0.2) is 0 Å². The van der Waals surface area contributed by atoms with Gasteiger partial charge in [-0.15, -0.1) is 15.3 Å². The van der Waals surface area contributed by atoms with Gasteiger partial charge in [-0.2, -0.15) is 0 Å². The van der Waals surface area contributed by atoms with Gasteiger partial charge in [0.1, 0.15) is 4.88 Å². The Labute approximate surface area is 105 Å². The second-order valence-electron chi connectivity index (χ2n) is 3.01. The number of carbonyl (C=O) groups is 1. The van der Waals surface area contributed by atoms with E-state index in [1.807, 2.05) is 11.5 Å². The lowest BCUT2D eigenvalue weighted by atomic mass is 10.5. The maximum Gasteiger partial charge on any atom is 0.313 e. The zero-order chi connectivity index (χ0) is 12.3. The van der Waals surface area contributed by atoms with Crippen LogP contribution < -0.4 is 0 Å². The lowest BCUT2D eigenvalue weighted by Crippen LogP contribution is -2.02. The molecule has 2 rings (SSSR count). The number of hydrogen-bond acceptors (Lipinski definition) is 7. The molecule has 0 radical (unpaired) electrons. The van der Waals surface area contributed by atoms with Crippen molar-refractivity contribution in [3.8, 4) is 10.7 Å². The highest BCUT2D eigenvalue weighted by molar-refractivity contribution is 7.99. The first-order chi connectivity index (χ1) is 8.22. The van der Waals surface area contributed by atoms with E-state index in [-0.39, 0.29) is 5.75 Å². The number of rotatable bonds is 5. The molecule has 0 spiro atoms. The maximum absolute atomic E-state index is 10.5. The van der Waals surface area contributed by atoms with Crippen LogP contribution in [-0.4, -0.2) is 41.2 Å². The first-order valence-corrected chi connectivity index (χ1v) is 6.53. The Hall–Kier alpha value is -1.48. The minimum atomic E-state index is -0.873. The Morgan fingerprint density at radius 1 is 1.59 bits per heavy atom. The second-order valence-corrected chi connectivity index (χ2v) is 4.74. The molecule has 1 N–H and O–H groups in total. The molecule has 0 unspecified atom stereocenters. The highest BCUT2D eigenvalue weighted by atomic mass is 32.2.